The standard InChI is InChI=1S/C10H8ClN3/c1-7-9(11)10(13-14(7)2)8-5-3-4-6-12-8/h2-6H,1H3. The molecule has 0 amide bonds. The zero-order valence-electron chi connectivity index (χ0n) is 7.61. The smallest absolute Gasteiger partial charge is 0.130 e. The van der Waals surface area contributed by atoms with E-state index >= 15 is 0 Å². The minimum atomic E-state index is 0.547. The summed E-state index contributed by atoms with van der Waals surface area (Å²) in [5.41, 5.74) is 2.07. The normalized spacial score (nSPS) is 10.5. The molecular formula is C10H8ClN3. The molecule has 0 aromatic carbocycles. The lowest BCUT2D eigenvalue weighted by Gasteiger charge is -1.94. The van der Waals surface area contributed by atoms with Crippen molar-refractivity contribution < 1.29 is 0 Å². The van der Waals surface area contributed by atoms with Crippen LogP contribution >= 0.6 is 11.6 Å². The molecule has 0 atom stereocenters. The third kappa shape index (κ3) is 1.40. The molecule has 0 bridgehead atoms. The van der Waals surface area contributed by atoms with Gasteiger partial charge in [-0.1, -0.05) is 17.7 Å². The lowest BCUT2D eigenvalue weighted by atomic mass is 10.2. The Morgan fingerprint density at radius 1 is 1.43 bits per heavy atom. The summed E-state index contributed by atoms with van der Waals surface area (Å²) in [7, 11) is 5.57. The van der Waals surface area contributed by atoms with Crippen LogP contribution in [0.4, 0.5) is 0 Å². The molecule has 2 rings (SSSR count). The minimum absolute atomic E-state index is 0.547. The van der Waals surface area contributed by atoms with Crippen molar-refractivity contribution in [3.8, 4) is 11.4 Å². The molecule has 0 spiro atoms. The SMILES string of the molecule is [CH]n1nc(-c2ccccn2)c(Cl)c1C. The number of pyridine rings is 1. The summed E-state index contributed by atoms with van der Waals surface area (Å²) in [5.74, 6) is 0. The molecule has 0 N–H and O–H groups in total. The molecule has 2 aromatic heterocycles. The van der Waals surface area contributed by atoms with Gasteiger partial charge in [-0.05, 0) is 19.1 Å². The first kappa shape index (κ1) is 9.21. The van der Waals surface area contributed by atoms with Gasteiger partial charge in [0.1, 0.15) is 12.7 Å². The van der Waals surface area contributed by atoms with E-state index in [1.165, 1.54) is 4.68 Å². The van der Waals surface area contributed by atoms with E-state index in [2.05, 4.69) is 10.1 Å². The van der Waals surface area contributed by atoms with Crippen molar-refractivity contribution in [3.63, 3.8) is 0 Å². The van der Waals surface area contributed by atoms with Gasteiger partial charge in [-0.2, -0.15) is 5.10 Å². The van der Waals surface area contributed by atoms with Crippen LogP contribution in [0, 0.1) is 14.0 Å². The van der Waals surface area contributed by atoms with Crippen LogP contribution in [0.25, 0.3) is 11.4 Å². The van der Waals surface area contributed by atoms with Crippen LogP contribution in [-0.4, -0.2) is 14.8 Å². The summed E-state index contributed by atoms with van der Waals surface area (Å²) < 4.78 is 1.26. The van der Waals surface area contributed by atoms with Gasteiger partial charge in [-0.3, -0.25) is 9.67 Å². The Hall–Kier alpha value is -1.35. The van der Waals surface area contributed by atoms with Crippen molar-refractivity contribution in [1.29, 1.82) is 0 Å². The topological polar surface area (TPSA) is 30.7 Å². The maximum Gasteiger partial charge on any atom is 0.130 e. The Morgan fingerprint density at radius 2 is 2.21 bits per heavy atom. The van der Waals surface area contributed by atoms with E-state index in [1.54, 1.807) is 6.20 Å². The quantitative estimate of drug-likeness (QED) is 0.716. The lowest BCUT2D eigenvalue weighted by molar-refractivity contribution is 0.845. The van der Waals surface area contributed by atoms with Gasteiger partial charge in [-0.25, -0.2) is 0 Å². The molecule has 0 saturated carbocycles. The van der Waals surface area contributed by atoms with Gasteiger partial charge in [-0.15, -0.1) is 0 Å². The fraction of sp³-hybridized carbons (Fsp3) is 0.100. The van der Waals surface area contributed by atoms with E-state index < -0.39 is 0 Å². The van der Waals surface area contributed by atoms with Gasteiger partial charge in [0, 0.05) is 6.20 Å². The van der Waals surface area contributed by atoms with Crippen LogP contribution in [0.5, 0.6) is 0 Å². The number of nitrogens with zero attached hydrogens (tertiary/aromatic N) is 3. The number of hydrogen-bond acceptors (Lipinski definition) is 2. The van der Waals surface area contributed by atoms with E-state index in [9.17, 15) is 0 Å². The predicted molar refractivity (Wildman–Crippen MR) is 54.9 cm³/mol. The van der Waals surface area contributed by atoms with Gasteiger partial charge in [0.2, 0.25) is 0 Å². The van der Waals surface area contributed by atoms with Crippen molar-refractivity contribution in [2.24, 2.45) is 0 Å². The Labute approximate surface area is 87.3 Å². The summed E-state index contributed by atoms with van der Waals surface area (Å²) in [5, 5.41) is 4.63. The van der Waals surface area contributed by atoms with Gasteiger partial charge >= 0.3 is 0 Å². The van der Waals surface area contributed by atoms with E-state index in [1.807, 2.05) is 25.1 Å². The maximum atomic E-state index is 6.05. The second-order valence-electron chi connectivity index (χ2n) is 2.91. The monoisotopic (exact) mass is 205 g/mol. The second-order valence-corrected chi connectivity index (χ2v) is 3.29. The Bertz CT molecular complexity index is 448. The molecular weight excluding hydrogens is 198 g/mol. The molecule has 0 aliphatic carbocycles. The molecule has 0 saturated heterocycles. The summed E-state index contributed by atoms with van der Waals surface area (Å²) in [6, 6.07) is 5.56. The molecule has 14 heavy (non-hydrogen) atoms. The molecule has 0 fully saturated rings. The third-order valence-electron chi connectivity index (χ3n) is 1.98. The Balaban J connectivity index is 2.58. The highest BCUT2D eigenvalue weighted by atomic mass is 35.5. The van der Waals surface area contributed by atoms with Crippen LogP contribution in [0.1, 0.15) is 5.69 Å². The van der Waals surface area contributed by atoms with Crippen molar-refractivity contribution in [3.05, 3.63) is 42.2 Å². The lowest BCUT2D eigenvalue weighted by Crippen LogP contribution is -1.90. The van der Waals surface area contributed by atoms with Crippen LogP contribution < -0.4 is 0 Å². The molecule has 4 heteroatoms. The molecule has 2 heterocycles. The van der Waals surface area contributed by atoms with E-state index in [-0.39, 0.29) is 0 Å². The van der Waals surface area contributed by atoms with Gasteiger partial charge in [0.25, 0.3) is 0 Å². The highest BCUT2D eigenvalue weighted by Gasteiger charge is 2.12. The fourth-order valence-electron chi connectivity index (χ4n) is 1.17. The maximum absolute atomic E-state index is 6.05. The number of aromatic nitrogens is 3. The first-order chi connectivity index (χ1) is 6.70. The average molecular weight is 206 g/mol. The Kier molecular flexibility index (Phi) is 2.25. The van der Waals surface area contributed by atoms with Gasteiger partial charge in [0.05, 0.1) is 16.4 Å². The molecule has 0 unspecified atom stereocenters. The summed E-state index contributed by atoms with van der Waals surface area (Å²) in [6.07, 6.45) is 1.69. The van der Waals surface area contributed by atoms with E-state index in [0.717, 1.165) is 11.4 Å². The van der Waals surface area contributed by atoms with E-state index in [4.69, 9.17) is 18.6 Å². The minimum Gasteiger partial charge on any atom is -0.260 e. The summed E-state index contributed by atoms with van der Waals surface area (Å²) in [6.45, 7) is 1.81. The molecule has 0 aliphatic rings. The zero-order valence-corrected chi connectivity index (χ0v) is 8.36. The predicted octanol–water partition coefficient (Wildman–Crippen LogP) is 2.42. The molecule has 3 nitrogen and oxygen atoms in total. The average Bonchev–Trinajstić information content (AvgIpc) is 2.47. The zero-order chi connectivity index (χ0) is 10.1. The second kappa shape index (κ2) is 3.42. The molecule has 2 radical (unpaired) electrons. The van der Waals surface area contributed by atoms with Crippen molar-refractivity contribution in [2.75, 3.05) is 0 Å². The first-order valence-corrected chi connectivity index (χ1v) is 4.49. The molecule has 2 aromatic rings. The van der Waals surface area contributed by atoms with Crippen molar-refractivity contribution >= 4 is 11.6 Å². The highest BCUT2D eigenvalue weighted by molar-refractivity contribution is 6.33. The van der Waals surface area contributed by atoms with Crippen molar-refractivity contribution in [2.45, 2.75) is 6.92 Å². The highest BCUT2D eigenvalue weighted by Crippen LogP contribution is 2.27. The molecule has 70 valence electrons. The number of halogens is 1. The fourth-order valence-corrected chi connectivity index (χ4v) is 1.39. The van der Waals surface area contributed by atoms with Crippen LogP contribution in [-0.2, 0) is 0 Å². The van der Waals surface area contributed by atoms with Gasteiger partial charge in [0.15, 0.2) is 0 Å². The Morgan fingerprint density at radius 3 is 2.71 bits per heavy atom. The molecule has 0 aliphatic heterocycles. The van der Waals surface area contributed by atoms with Crippen LogP contribution in [0.15, 0.2) is 24.4 Å². The first-order valence-electron chi connectivity index (χ1n) is 4.11. The summed E-state index contributed by atoms with van der Waals surface area (Å²) >= 11 is 6.05. The number of rotatable bonds is 1. The van der Waals surface area contributed by atoms with Crippen molar-refractivity contribution in [1.82, 2.24) is 14.8 Å². The van der Waals surface area contributed by atoms with Crippen LogP contribution in [0.3, 0.4) is 0 Å². The summed E-state index contributed by atoms with van der Waals surface area (Å²) in [4.78, 5) is 4.15. The van der Waals surface area contributed by atoms with Crippen LogP contribution in [0.2, 0.25) is 5.02 Å². The number of hydrogen-bond donors (Lipinski definition) is 0. The van der Waals surface area contributed by atoms with E-state index in [0.29, 0.717) is 10.7 Å². The van der Waals surface area contributed by atoms with Gasteiger partial charge < -0.3 is 0 Å². The largest absolute Gasteiger partial charge is 0.260 e. The third-order valence-corrected chi connectivity index (χ3v) is 2.44.